The molecule has 0 saturated heterocycles. The number of ether oxygens (including phenoxy) is 1. The van der Waals surface area contributed by atoms with Gasteiger partial charge in [0.05, 0.1) is 12.1 Å². The molecule has 104 valence electrons. The fourth-order valence-corrected chi connectivity index (χ4v) is 3.11. The van der Waals surface area contributed by atoms with Crippen LogP contribution in [-0.2, 0) is 12.0 Å². The van der Waals surface area contributed by atoms with Gasteiger partial charge in [-0.15, -0.1) is 0 Å². The molecule has 1 unspecified atom stereocenters. The fourth-order valence-electron chi connectivity index (χ4n) is 3.11. The van der Waals surface area contributed by atoms with Gasteiger partial charge in [0, 0.05) is 12.0 Å². The van der Waals surface area contributed by atoms with E-state index < -0.39 is 0 Å². The highest BCUT2D eigenvalue weighted by atomic mass is 16.5. The molecule has 20 heavy (non-hydrogen) atoms. The normalized spacial score (nSPS) is 21.1. The van der Waals surface area contributed by atoms with Crippen LogP contribution in [0, 0.1) is 13.8 Å². The summed E-state index contributed by atoms with van der Waals surface area (Å²) in [6.45, 7) is 5.02. The Labute approximate surface area is 120 Å². The first-order chi connectivity index (χ1) is 9.60. The predicted octanol–water partition coefficient (Wildman–Crippen LogP) is 3.48. The predicted molar refractivity (Wildman–Crippen MR) is 82.0 cm³/mol. The molecule has 2 nitrogen and oxygen atoms in total. The van der Waals surface area contributed by atoms with Gasteiger partial charge in [-0.1, -0.05) is 36.4 Å². The number of nitrogens with two attached hydrogens (primary N) is 1. The van der Waals surface area contributed by atoms with Crippen LogP contribution in [0.15, 0.2) is 42.5 Å². The monoisotopic (exact) mass is 267 g/mol. The van der Waals surface area contributed by atoms with Crippen molar-refractivity contribution in [3.63, 3.8) is 0 Å². The second kappa shape index (κ2) is 4.95. The Kier molecular flexibility index (Phi) is 3.27. The van der Waals surface area contributed by atoms with Gasteiger partial charge in [0.2, 0.25) is 0 Å². The van der Waals surface area contributed by atoms with Crippen LogP contribution in [0.2, 0.25) is 0 Å². The highest BCUT2D eigenvalue weighted by Gasteiger charge is 2.34. The van der Waals surface area contributed by atoms with Crippen molar-refractivity contribution in [1.82, 2.24) is 0 Å². The van der Waals surface area contributed by atoms with E-state index in [4.69, 9.17) is 10.5 Å². The Hall–Kier alpha value is -1.80. The van der Waals surface area contributed by atoms with Crippen LogP contribution >= 0.6 is 0 Å². The van der Waals surface area contributed by atoms with Gasteiger partial charge < -0.3 is 10.5 Å². The van der Waals surface area contributed by atoms with Gasteiger partial charge in [-0.05, 0) is 43.0 Å². The number of hydrogen-bond acceptors (Lipinski definition) is 2. The summed E-state index contributed by atoms with van der Waals surface area (Å²) in [7, 11) is 0. The average Bonchev–Trinajstić information content (AvgIpc) is 2.44. The van der Waals surface area contributed by atoms with Crippen molar-refractivity contribution >= 4 is 0 Å². The second-order valence-electron chi connectivity index (χ2n) is 5.80. The number of aryl methyl sites for hydroxylation is 2. The van der Waals surface area contributed by atoms with Gasteiger partial charge >= 0.3 is 0 Å². The largest absolute Gasteiger partial charge is 0.493 e. The molecule has 1 heterocycles. The minimum atomic E-state index is -0.328. The summed E-state index contributed by atoms with van der Waals surface area (Å²) in [5.74, 6) is 0.937. The fraction of sp³-hybridized carbons (Fsp3) is 0.333. The van der Waals surface area contributed by atoms with Crippen LogP contribution < -0.4 is 10.5 Å². The lowest BCUT2D eigenvalue weighted by Crippen LogP contribution is -2.43. The van der Waals surface area contributed by atoms with E-state index in [1.54, 1.807) is 0 Å². The van der Waals surface area contributed by atoms with Gasteiger partial charge in [-0.25, -0.2) is 0 Å². The Balaban J connectivity index is 2.02. The van der Waals surface area contributed by atoms with E-state index in [-0.39, 0.29) is 5.54 Å². The van der Waals surface area contributed by atoms with E-state index in [1.807, 2.05) is 18.2 Å². The van der Waals surface area contributed by atoms with Crippen LogP contribution in [0.4, 0.5) is 0 Å². The molecule has 1 atom stereocenters. The van der Waals surface area contributed by atoms with Crippen molar-refractivity contribution in [3.05, 3.63) is 64.7 Å². The van der Waals surface area contributed by atoms with Crippen molar-refractivity contribution in [2.75, 3.05) is 6.61 Å². The summed E-state index contributed by atoms with van der Waals surface area (Å²) >= 11 is 0. The van der Waals surface area contributed by atoms with E-state index in [2.05, 4.69) is 38.1 Å². The molecule has 0 saturated carbocycles. The zero-order chi connectivity index (χ0) is 14.2. The molecule has 0 amide bonds. The molecule has 0 bridgehead atoms. The second-order valence-corrected chi connectivity index (χ2v) is 5.80. The summed E-state index contributed by atoms with van der Waals surface area (Å²) in [5.41, 5.74) is 11.6. The maximum absolute atomic E-state index is 6.76. The molecule has 2 aromatic rings. The zero-order valence-electron chi connectivity index (χ0n) is 12.1. The van der Waals surface area contributed by atoms with Gasteiger partial charge in [-0.2, -0.15) is 0 Å². The van der Waals surface area contributed by atoms with E-state index in [9.17, 15) is 0 Å². The maximum atomic E-state index is 6.76. The minimum absolute atomic E-state index is 0.328. The number of para-hydroxylation sites is 1. The van der Waals surface area contributed by atoms with Crippen molar-refractivity contribution in [3.8, 4) is 5.75 Å². The highest BCUT2D eigenvalue weighted by molar-refractivity contribution is 5.44. The summed E-state index contributed by atoms with van der Waals surface area (Å²) in [6, 6.07) is 14.6. The smallest absolute Gasteiger partial charge is 0.124 e. The zero-order valence-corrected chi connectivity index (χ0v) is 12.1. The van der Waals surface area contributed by atoms with Crippen molar-refractivity contribution in [2.24, 2.45) is 5.73 Å². The quantitative estimate of drug-likeness (QED) is 0.904. The van der Waals surface area contributed by atoms with Crippen LogP contribution in [0.25, 0.3) is 0 Å². The van der Waals surface area contributed by atoms with Crippen LogP contribution in [-0.4, -0.2) is 6.61 Å². The first-order valence-corrected chi connectivity index (χ1v) is 7.16. The third kappa shape index (κ3) is 2.20. The molecule has 0 aromatic heterocycles. The van der Waals surface area contributed by atoms with Gasteiger partial charge in [0.25, 0.3) is 0 Å². The number of rotatable bonds is 2. The summed E-state index contributed by atoms with van der Waals surface area (Å²) in [5, 5.41) is 0. The summed E-state index contributed by atoms with van der Waals surface area (Å²) in [6.07, 6.45) is 1.73. The third-order valence-corrected chi connectivity index (χ3v) is 4.37. The standard InChI is InChI=1S/C18H21NO/c1-13-6-5-7-14(2)15(13)12-18(19)10-11-20-17-9-4-3-8-16(17)18/h3-9H,10-12,19H2,1-2H3. The molecule has 1 aliphatic heterocycles. The van der Waals surface area contributed by atoms with Crippen molar-refractivity contribution in [1.29, 1.82) is 0 Å². The molecular formula is C18H21NO. The van der Waals surface area contributed by atoms with Gasteiger partial charge in [0.15, 0.2) is 0 Å². The van der Waals surface area contributed by atoms with Crippen LogP contribution in [0.1, 0.15) is 28.7 Å². The lowest BCUT2D eigenvalue weighted by Gasteiger charge is -2.36. The Morgan fingerprint density at radius 3 is 2.50 bits per heavy atom. The highest BCUT2D eigenvalue weighted by Crippen LogP contribution is 2.38. The van der Waals surface area contributed by atoms with Crippen LogP contribution in [0.3, 0.4) is 0 Å². The molecule has 3 rings (SSSR count). The minimum Gasteiger partial charge on any atom is -0.493 e. The first kappa shape index (κ1) is 13.2. The SMILES string of the molecule is Cc1cccc(C)c1CC1(N)CCOc2ccccc21. The van der Waals surface area contributed by atoms with Gasteiger partial charge in [-0.3, -0.25) is 0 Å². The topological polar surface area (TPSA) is 35.2 Å². The number of fused-ring (bicyclic) bond motifs is 1. The van der Waals surface area contributed by atoms with E-state index in [0.717, 1.165) is 24.2 Å². The molecule has 0 fully saturated rings. The molecule has 0 spiro atoms. The number of hydrogen-bond donors (Lipinski definition) is 1. The summed E-state index contributed by atoms with van der Waals surface area (Å²) < 4.78 is 5.74. The molecule has 1 aliphatic rings. The van der Waals surface area contributed by atoms with Crippen LogP contribution in [0.5, 0.6) is 5.75 Å². The van der Waals surface area contributed by atoms with E-state index >= 15 is 0 Å². The Morgan fingerprint density at radius 2 is 1.75 bits per heavy atom. The molecule has 0 aliphatic carbocycles. The molecule has 2 N–H and O–H groups in total. The van der Waals surface area contributed by atoms with Gasteiger partial charge in [0.1, 0.15) is 5.75 Å². The number of benzene rings is 2. The molecular weight excluding hydrogens is 246 g/mol. The molecule has 0 radical (unpaired) electrons. The van der Waals surface area contributed by atoms with E-state index in [1.165, 1.54) is 16.7 Å². The average molecular weight is 267 g/mol. The third-order valence-electron chi connectivity index (χ3n) is 4.37. The first-order valence-electron chi connectivity index (χ1n) is 7.16. The molecule has 2 aromatic carbocycles. The summed E-state index contributed by atoms with van der Waals surface area (Å²) in [4.78, 5) is 0. The maximum Gasteiger partial charge on any atom is 0.124 e. The van der Waals surface area contributed by atoms with Crippen molar-refractivity contribution < 1.29 is 4.74 Å². The Bertz CT molecular complexity index is 615. The lowest BCUT2D eigenvalue weighted by molar-refractivity contribution is 0.215. The molecule has 2 heteroatoms. The Morgan fingerprint density at radius 1 is 1.05 bits per heavy atom. The van der Waals surface area contributed by atoms with Crippen molar-refractivity contribution in [2.45, 2.75) is 32.2 Å². The van der Waals surface area contributed by atoms with E-state index in [0.29, 0.717) is 6.61 Å². The lowest BCUT2D eigenvalue weighted by atomic mass is 9.78.